The van der Waals surface area contributed by atoms with Crippen LogP contribution >= 0.6 is 0 Å². The molecule has 7 heteroatoms. The largest absolute Gasteiger partial charge is 0.493 e. The maximum absolute atomic E-state index is 13.5. The maximum atomic E-state index is 13.5. The van der Waals surface area contributed by atoms with Gasteiger partial charge in [-0.15, -0.1) is 0 Å². The summed E-state index contributed by atoms with van der Waals surface area (Å²) in [5.74, 6) is 0.140. The van der Waals surface area contributed by atoms with E-state index in [2.05, 4.69) is 0 Å². The number of esters is 1. The third-order valence-corrected chi connectivity index (χ3v) is 7.21. The highest BCUT2D eigenvalue weighted by atomic mass is 16.6. The second kappa shape index (κ2) is 12.6. The van der Waals surface area contributed by atoms with Gasteiger partial charge in [-0.2, -0.15) is 0 Å². The fraction of sp³-hybridized carbons (Fsp3) is 0.303. The highest BCUT2D eigenvalue weighted by Gasteiger charge is 2.43. The molecule has 3 aromatic rings. The summed E-state index contributed by atoms with van der Waals surface area (Å²) in [4.78, 5) is 31.5. The number of para-hydroxylation sites is 1. The monoisotopic (exact) mass is 539 g/mol. The molecular weight excluding hydrogens is 506 g/mol. The molecule has 40 heavy (non-hydrogen) atoms. The third-order valence-electron chi connectivity index (χ3n) is 7.21. The first-order chi connectivity index (χ1) is 19.5. The first kappa shape index (κ1) is 27.2. The number of carbonyl (C=O) groups is 2. The van der Waals surface area contributed by atoms with E-state index in [1.807, 2.05) is 85.8 Å². The van der Waals surface area contributed by atoms with Crippen molar-refractivity contribution in [3.8, 4) is 17.2 Å². The lowest BCUT2D eigenvalue weighted by molar-refractivity contribution is -0.147. The van der Waals surface area contributed by atoms with Crippen molar-refractivity contribution in [2.45, 2.75) is 38.7 Å². The van der Waals surface area contributed by atoms with Gasteiger partial charge >= 0.3 is 5.97 Å². The molecule has 0 saturated heterocycles. The van der Waals surface area contributed by atoms with Crippen molar-refractivity contribution in [3.63, 3.8) is 0 Å². The van der Waals surface area contributed by atoms with Crippen LogP contribution in [0.25, 0.3) is 0 Å². The van der Waals surface area contributed by atoms with Gasteiger partial charge in [-0.3, -0.25) is 14.6 Å². The average Bonchev–Trinajstić information content (AvgIpc) is 2.98. The molecule has 1 heterocycles. The van der Waals surface area contributed by atoms with Crippen LogP contribution in [-0.4, -0.2) is 37.8 Å². The summed E-state index contributed by atoms with van der Waals surface area (Å²) in [6, 6.07) is 24.8. The van der Waals surface area contributed by atoms with Crippen LogP contribution in [0.15, 0.2) is 95.1 Å². The van der Waals surface area contributed by atoms with E-state index in [9.17, 15) is 9.59 Å². The van der Waals surface area contributed by atoms with Crippen molar-refractivity contribution in [1.82, 2.24) is 0 Å². The normalized spacial score (nSPS) is 18.4. The molecule has 3 aromatic carbocycles. The summed E-state index contributed by atoms with van der Waals surface area (Å²) in [6.07, 6.45) is 1.89. The van der Waals surface area contributed by atoms with Crippen LogP contribution in [0.3, 0.4) is 0 Å². The summed E-state index contributed by atoms with van der Waals surface area (Å²) in [6.45, 7) is 2.52. The number of ether oxygens (including phenoxy) is 4. The zero-order valence-corrected chi connectivity index (χ0v) is 22.8. The van der Waals surface area contributed by atoms with E-state index in [0.29, 0.717) is 48.0 Å². The minimum absolute atomic E-state index is 0.0241. The second-order valence-electron chi connectivity index (χ2n) is 9.86. The van der Waals surface area contributed by atoms with E-state index in [4.69, 9.17) is 23.9 Å². The lowest BCUT2D eigenvalue weighted by Gasteiger charge is -2.34. The Morgan fingerprint density at radius 1 is 0.900 bits per heavy atom. The summed E-state index contributed by atoms with van der Waals surface area (Å²) >= 11 is 0. The topological polar surface area (TPSA) is 83.4 Å². The zero-order chi connectivity index (χ0) is 27.9. The minimum Gasteiger partial charge on any atom is -0.493 e. The average molecular weight is 540 g/mol. The number of carbonyl (C=O) groups excluding carboxylic acids is 2. The summed E-state index contributed by atoms with van der Waals surface area (Å²) in [7, 11) is 1.58. The number of methoxy groups -OCH3 is 1. The Balaban J connectivity index is 1.39. The Labute approximate surface area is 234 Å². The molecule has 206 valence electrons. The van der Waals surface area contributed by atoms with Crippen molar-refractivity contribution in [3.05, 3.63) is 101 Å². The molecule has 0 amide bonds. The molecule has 0 saturated carbocycles. The molecule has 0 radical (unpaired) electrons. The van der Waals surface area contributed by atoms with Crippen molar-refractivity contribution >= 4 is 17.5 Å². The van der Waals surface area contributed by atoms with Crippen molar-refractivity contribution in [2.24, 2.45) is 10.9 Å². The smallest absolute Gasteiger partial charge is 0.315 e. The van der Waals surface area contributed by atoms with Crippen molar-refractivity contribution in [1.29, 1.82) is 0 Å². The molecule has 5 rings (SSSR count). The van der Waals surface area contributed by atoms with Gasteiger partial charge in [0, 0.05) is 29.3 Å². The van der Waals surface area contributed by atoms with Gasteiger partial charge in [0.2, 0.25) is 0 Å². The van der Waals surface area contributed by atoms with E-state index in [1.54, 1.807) is 7.11 Å². The van der Waals surface area contributed by atoms with Crippen LogP contribution in [-0.2, 0) is 20.9 Å². The van der Waals surface area contributed by atoms with Crippen LogP contribution in [0.5, 0.6) is 17.2 Å². The molecule has 1 unspecified atom stereocenters. The number of hydrogen-bond acceptors (Lipinski definition) is 7. The van der Waals surface area contributed by atoms with Crippen LogP contribution in [0.1, 0.15) is 43.2 Å². The Morgan fingerprint density at radius 2 is 1.65 bits per heavy atom. The predicted molar refractivity (Wildman–Crippen MR) is 152 cm³/mol. The zero-order valence-electron chi connectivity index (χ0n) is 22.8. The van der Waals surface area contributed by atoms with Crippen molar-refractivity contribution < 1.29 is 28.5 Å². The SMILES string of the molecule is COc1cc([C@H]2C3=C(CCCC3=O)N=C(C)C2C(=O)OCCOc2ccccc2)ccc1OCc1ccccc1. The van der Waals surface area contributed by atoms with Gasteiger partial charge in [-0.25, -0.2) is 0 Å². The molecule has 1 aliphatic heterocycles. The fourth-order valence-electron chi connectivity index (χ4n) is 5.31. The summed E-state index contributed by atoms with van der Waals surface area (Å²) < 4.78 is 23.1. The first-order valence-corrected chi connectivity index (χ1v) is 13.6. The lowest BCUT2D eigenvalue weighted by atomic mass is 9.71. The predicted octanol–water partition coefficient (Wildman–Crippen LogP) is 6.08. The molecule has 0 aromatic heterocycles. The molecule has 2 aliphatic rings. The molecule has 0 fully saturated rings. The van der Waals surface area contributed by atoms with Crippen LogP contribution in [0.2, 0.25) is 0 Å². The minimum atomic E-state index is -0.738. The molecular formula is C33H33NO6. The Bertz CT molecular complexity index is 1410. The first-order valence-electron chi connectivity index (χ1n) is 13.6. The van der Waals surface area contributed by atoms with Gasteiger partial charge in [-0.05, 0) is 55.2 Å². The standard InChI is InChI=1S/C33H33NO6/c1-22-30(33(36)39-19-18-38-25-12-7-4-8-13-25)31(32-26(34-22)14-9-15-27(32)35)24-16-17-28(29(20-24)37-2)40-21-23-10-5-3-6-11-23/h3-8,10-13,16-17,20,30-31H,9,14-15,18-19,21H2,1-2H3/t30?,31-/m1/s1. The van der Waals surface area contributed by atoms with Crippen molar-refractivity contribution in [2.75, 3.05) is 20.3 Å². The summed E-state index contributed by atoms with van der Waals surface area (Å²) in [5, 5.41) is 0. The van der Waals surface area contributed by atoms with E-state index >= 15 is 0 Å². The molecule has 2 atom stereocenters. The van der Waals surface area contributed by atoms with Gasteiger partial charge in [0.25, 0.3) is 0 Å². The number of allylic oxidation sites excluding steroid dienone is 2. The van der Waals surface area contributed by atoms with Crippen LogP contribution in [0.4, 0.5) is 0 Å². The molecule has 0 bridgehead atoms. The highest BCUT2D eigenvalue weighted by Crippen LogP contribution is 2.45. The number of Topliss-reactive ketones (excluding diaryl/α,β-unsaturated/α-hetero) is 1. The lowest BCUT2D eigenvalue weighted by Crippen LogP contribution is -2.37. The van der Waals surface area contributed by atoms with Gasteiger partial charge in [0.1, 0.15) is 31.5 Å². The van der Waals surface area contributed by atoms with Crippen LogP contribution < -0.4 is 14.2 Å². The Kier molecular flexibility index (Phi) is 8.59. The molecule has 1 aliphatic carbocycles. The van der Waals surface area contributed by atoms with E-state index in [1.165, 1.54) is 0 Å². The molecule has 0 spiro atoms. The van der Waals surface area contributed by atoms with E-state index in [0.717, 1.165) is 23.2 Å². The number of hydrogen-bond donors (Lipinski definition) is 0. The van der Waals surface area contributed by atoms with Gasteiger partial charge in [0.15, 0.2) is 17.3 Å². The van der Waals surface area contributed by atoms with E-state index in [-0.39, 0.29) is 19.0 Å². The fourth-order valence-corrected chi connectivity index (χ4v) is 5.31. The third kappa shape index (κ3) is 6.09. The highest BCUT2D eigenvalue weighted by molar-refractivity contribution is 6.08. The Morgan fingerprint density at radius 3 is 2.40 bits per heavy atom. The Hall–Kier alpha value is -4.39. The number of benzene rings is 3. The van der Waals surface area contributed by atoms with Gasteiger partial charge in [0.05, 0.1) is 7.11 Å². The molecule has 7 nitrogen and oxygen atoms in total. The van der Waals surface area contributed by atoms with Crippen LogP contribution in [0, 0.1) is 5.92 Å². The van der Waals surface area contributed by atoms with Gasteiger partial charge < -0.3 is 18.9 Å². The van der Waals surface area contributed by atoms with E-state index < -0.39 is 17.8 Å². The number of rotatable bonds is 10. The summed E-state index contributed by atoms with van der Waals surface area (Å²) in [5.41, 5.74) is 3.81. The maximum Gasteiger partial charge on any atom is 0.315 e. The number of aliphatic imine (C=N–C) groups is 1. The molecule has 0 N–H and O–H groups in total. The second-order valence-corrected chi connectivity index (χ2v) is 9.86. The van der Waals surface area contributed by atoms with Gasteiger partial charge in [-0.1, -0.05) is 54.6 Å². The number of nitrogens with zero attached hydrogens (tertiary/aromatic N) is 1. The number of ketones is 1. The quantitative estimate of drug-likeness (QED) is 0.229.